The third-order valence-electron chi connectivity index (χ3n) is 0.646. The van der Waals surface area contributed by atoms with Crippen molar-refractivity contribution in [3.05, 3.63) is 0 Å². The first-order chi connectivity index (χ1) is 3.18. The Labute approximate surface area is 50.0 Å². The summed E-state index contributed by atoms with van der Waals surface area (Å²) in [6.45, 7) is 0.677. The summed E-state index contributed by atoms with van der Waals surface area (Å²) >= 11 is 2.79. The zero-order valence-corrected chi connectivity index (χ0v) is 5.58. The number of halogens is 3. The molecule has 0 nitrogen and oxygen atoms in total. The van der Waals surface area contributed by atoms with Crippen molar-refractivity contribution < 1.29 is 8.78 Å². The second kappa shape index (κ2) is 3.36. The quantitative estimate of drug-likeness (QED) is 0.560. The minimum atomic E-state index is -1.09. The van der Waals surface area contributed by atoms with Crippen LogP contribution in [0.5, 0.6) is 0 Å². The van der Waals surface area contributed by atoms with Crippen molar-refractivity contribution in [2.75, 3.05) is 6.67 Å². The molecule has 0 saturated carbocycles. The van der Waals surface area contributed by atoms with Crippen molar-refractivity contribution in [2.24, 2.45) is 0 Å². The van der Waals surface area contributed by atoms with Crippen molar-refractivity contribution in [3.63, 3.8) is 0 Å². The molecule has 0 aromatic carbocycles. The van der Waals surface area contributed by atoms with Gasteiger partial charge in [0.1, 0.15) is 12.8 Å². The molecule has 3 heteroatoms. The van der Waals surface area contributed by atoms with E-state index in [0.29, 0.717) is 0 Å². The standard InChI is InChI=1S/C4H7BrF2/c1-3(7)4(5)2-6/h3-4H,2H2,1H3. The minimum Gasteiger partial charge on any atom is -0.250 e. The second-order valence-corrected chi connectivity index (χ2v) is 2.52. The first-order valence-electron chi connectivity index (χ1n) is 2.02. The fraction of sp³-hybridized carbons (Fsp3) is 1.00. The van der Waals surface area contributed by atoms with Gasteiger partial charge in [-0.05, 0) is 6.92 Å². The average molecular weight is 173 g/mol. The molecule has 0 spiro atoms. The number of hydrogen-bond acceptors (Lipinski definition) is 0. The third-order valence-corrected chi connectivity index (χ3v) is 1.62. The molecule has 0 aliphatic carbocycles. The molecule has 0 bridgehead atoms. The zero-order valence-electron chi connectivity index (χ0n) is 4.00. The molecule has 2 atom stereocenters. The van der Waals surface area contributed by atoms with Gasteiger partial charge in [0.05, 0.1) is 4.83 Å². The van der Waals surface area contributed by atoms with Gasteiger partial charge in [0.25, 0.3) is 0 Å². The summed E-state index contributed by atoms with van der Waals surface area (Å²) in [5, 5.41) is 0. The van der Waals surface area contributed by atoms with Crippen LogP contribution in [-0.4, -0.2) is 17.7 Å². The Hall–Kier alpha value is 0.340. The molecular formula is C4H7BrF2. The molecule has 0 amide bonds. The lowest BCUT2D eigenvalue weighted by Gasteiger charge is -2.02. The highest BCUT2D eigenvalue weighted by atomic mass is 79.9. The van der Waals surface area contributed by atoms with Crippen LogP contribution >= 0.6 is 15.9 Å². The molecule has 0 saturated heterocycles. The van der Waals surface area contributed by atoms with Gasteiger partial charge >= 0.3 is 0 Å². The van der Waals surface area contributed by atoms with Crippen LogP contribution in [0, 0.1) is 0 Å². The molecule has 0 radical (unpaired) electrons. The van der Waals surface area contributed by atoms with E-state index in [-0.39, 0.29) is 0 Å². The van der Waals surface area contributed by atoms with Crippen molar-refractivity contribution in [2.45, 2.75) is 17.9 Å². The zero-order chi connectivity index (χ0) is 5.86. The fourth-order valence-corrected chi connectivity index (χ4v) is 0.123. The Bertz CT molecular complexity index is 47.0. The van der Waals surface area contributed by atoms with Crippen molar-refractivity contribution in [3.8, 4) is 0 Å². The maximum atomic E-state index is 11.8. The van der Waals surface area contributed by atoms with Crippen molar-refractivity contribution >= 4 is 15.9 Å². The average Bonchev–Trinajstić information content (AvgIpc) is 1.65. The largest absolute Gasteiger partial charge is 0.250 e. The van der Waals surface area contributed by atoms with E-state index in [9.17, 15) is 8.78 Å². The number of alkyl halides is 3. The second-order valence-electron chi connectivity index (χ2n) is 1.35. The summed E-state index contributed by atoms with van der Waals surface area (Å²) in [6.07, 6.45) is -1.09. The molecule has 0 aliphatic rings. The molecular weight excluding hydrogens is 166 g/mol. The van der Waals surface area contributed by atoms with Crippen LogP contribution in [-0.2, 0) is 0 Å². The van der Waals surface area contributed by atoms with Crippen molar-refractivity contribution in [1.82, 2.24) is 0 Å². The van der Waals surface area contributed by atoms with E-state index < -0.39 is 17.7 Å². The van der Waals surface area contributed by atoms with E-state index in [1.807, 2.05) is 0 Å². The SMILES string of the molecule is CC(F)C(Br)CF. The Morgan fingerprint density at radius 3 is 2.14 bits per heavy atom. The smallest absolute Gasteiger partial charge is 0.112 e. The summed E-state index contributed by atoms with van der Waals surface area (Å²) < 4.78 is 23.2. The van der Waals surface area contributed by atoms with Crippen LogP contribution in [0.2, 0.25) is 0 Å². The van der Waals surface area contributed by atoms with Gasteiger partial charge in [-0.2, -0.15) is 0 Å². The van der Waals surface area contributed by atoms with Gasteiger partial charge in [0, 0.05) is 0 Å². The van der Waals surface area contributed by atoms with E-state index in [4.69, 9.17) is 0 Å². The number of rotatable bonds is 2. The van der Waals surface area contributed by atoms with Crippen LogP contribution < -0.4 is 0 Å². The van der Waals surface area contributed by atoms with Gasteiger partial charge in [-0.25, -0.2) is 8.78 Å². The first-order valence-corrected chi connectivity index (χ1v) is 2.94. The molecule has 2 unspecified atom stereocenters. The van der Waals surface area contributed by atoms with E-state index in [1.54, 1.807) is 0 Å². The highest BCUT2D eigenvalue weighted by Crippen LogP contribution is 2.08. The monoisotopic (exact) mass is 172 g/mol. The summed E-state index contributed by atoms with van der Waals surface area (Å²) in [7, 11) is 0. The molecule has 0 rings (SSSR count). The molecule has 0 N–H and O–H groups in total. The predicted molar refractivity (Wildman–Crippen MR) is 29.3 cm³/mol. The van der Waals surface area contributed by atoms with E-state index in [2.05, 4.69) is 15.9 Å². The van der Waals surface area contributed by atoms with Crippen LogP contribution in [0.4, 0.5) is 8.78 Å². The Morgan fingerprint density at radius 1 is 1.71 bits per heavy atom. The van der Waals surface area contributed by atoms with Gasteiger partial charge < -0.3 is 0 Å². The summed E-state index contributed by atoms with van der Waals surface area (Å²) in [5.74, 6) is 0. The Morgan fingerprint density at radius 2 is 2.14 bits per heavy atom. The summed E-state index contributed by atoms with van der Waals surface area (Å²) in [4.78, 5) is -0.618. The minimum absolute atomic E-state index is 0.618. The molecule has 7 heavy (non-hydrogen) atoms. The van der Waals surface area contributed by atoms with E-state index in [1.165, 1.54) is 6.92 Å². The maximum Gasteiger partial charge on any atom is 0.112 e. The molecule has 0 aromatic rings. The van der Waals surface area contributed by atoms with E-state index in [0.717, 1.165) is 0 Å². The maximum absolute atomic E-state index is 11.8. The third kappa shape index (κ3) is 2.97. The van der Waals surface area contributed by atoms with Gasteiger partial charge in [0.15, 0.2) is 0 Å². The highest BCUT2D eigenvalue weighted by Gasteiger charge is 2.10. The van der Waals surface area contributed by atoms with Crippen LogP contribution in [0.15, 0.2) is 0 Å². The summed E-state index contributed by atoms with van der Waals surface area (Å²) in [6, 6.07) is 0. The predicted octanol–water partition coefficient (Wildman–Crippen LogP) is 2.08. The lowest BCUT2D eigenvalue weighted by molar-refractivity contribution is 0.318. The normalized spacial score (nSPS) is 18.9. The van der Waals surface area contributed by atoms with Crippen LogP contribution in [0.25, 0.3) is 0 Å². The van der Waals surface area contributed by atoms with Gasteiger partial charge in [-0.1, -0.05) is 15.9 Å². The lowest BCUT2D eigenvalue weighted by atomic mass is 10.3. The Balaban J connectivity index is 3.14. The molecule has 0 heterocycles. The number of hydrogen-bond donors (Lipinski definition) is 0. The molecule has 0 aliphatic heterocycles. The Kier molecular flexibility index (Phi) is 3.52. The van der Waals surface area contributed by atoms with Crippen LogP contribution in [0.1, 0.15) is 6.92 Å². The molecule has 0 fully saturated rings. The summed E-state index contributed by atoms with van der Waals surface area (Å²) in [5.41, 5.74) is 0. The highest BCUT2D eigenvalue weighted by molar-refractivity contribution is 9.09. The van der Waals surface area contributed by atoms with Crippen molar-refractivity contribution in [1.29, 1.82) is 0 Å². The first kappa shape index (κ1) is 7.34. The molecule has 44 valence electrons. The lowest BCUT2D eigenvalue weighted by Crippen LogP contribution is -2.12. The van der Waals surface area contributed by atoms with Crippen LogP contribution in [0.3, 0.4) is 0 Å². The van der Waals surface area contributed by atoms with Gasteiger partial charge in [-0.3, -0.25) is 0 Å². The van der Waals surface area contributed by atoms with Gasteiger partial charge in [0.2, 0.25) is 0 Å². The molecule has 0 aromatic heterocycles. The van der Waals surface area contributed by atoms with E-state index >= 15 is 0 Å². The fourth-order valence-electron chi connectivity index (χ4n) is 0.123. The topological polar surface area (TPSA) is 0 Å². The van der Waals surface area contributed by atoms with Gasteiger partial charge in [-0.15, -0.1) is 0 Å².